The van der Waals surface area contributed by atoms with Crippen molar-refractivity contribution in [2.24, 2.45) is 10.8 Å². The van der Waals surface area contributed by atoms with Gasteiger partial charge in [-0.05, 0) is 171 Å². The van der Waals surface area contributed by atoms with Crippen LogP contribution >= 0.6 is 0 Å². The Morgan fingerprint density at radius 2 is 0.703 bits per heavy atom. The van der Waals surface area contributed by atoms with Crippen LogP contribution in [0.1, 0.15) is 171 Å². The molecule has 2 spiro atoms. The number of ether oxygens (including phenoxy) is 1. The van der Waals surface area contributed by atoms with Crippen LogP contribution in [-0.4, -0.2) is 14.1 Å². The highest BCUT2D eigenvalue weighted by atomic mass is 16.5. The van der Waals surface area contributed by atoms with Crippen LogP contribution in [-0.2, 0) is 48.7 Å². The van der Waals surface area contributed by atoms with Crippen LogP contribution in [0.5, 0.6) is 11.5 Å². The second-order valence-corrected chi connectivity index (χ2v) is 36.0. The zero-order valence-corrected chi connectivity index (χ0v) is 64.6. The first kappa shape index (κ1) is 64.0. The number of pyridine rings is 1. The van der Waals surface area contributed by atoms with Gasteiger partial charge in [0, 0.05) is 77.2 Å². The smallest absolute Gasteiger partial charge is 0.269 e. The van der Waals surface area contributed by atoms with Gasteiger partial charge in [0.2, 0.25) is 0 Å². The normalized spacial score (nSPS) is 27.6. The van der Waals surface area contributed by atoms with Gasteiger partial charge in [-0.25, -0.2) is 4.98 Å². The van der Waals surface area contributed by atoms with Crippen LogP contribution in [0.2, 0.25) is 0 Å². The first-order valence-corrected chi connectivity index (χ1v) is 40.0. The summed E-state index contributed by atoms with van der Waals surface area (Å²) in [5, 5.41) is 2.31. The molecule has 0 aliphatic heterocycles. The molecule has 3 heterocycles. The first-order chi connectivity index (χ1) is 53.7. The highest BCUT2D eigenvalue weighted by Gasteiger charge is 2.91. The van der Waals surface area contributed by atoms with Crippen molar-refractivity contribution in [3.63, 3.8) is 0 Å². The quantitative estimate of drug-likeness (QED) is 0.118. The molecule has 5 nitrogen and oxygen atoms in total. The number of benzene rings is 13. The Balaban J connectivity index is 0.732. The van der Waals surface area contributed by atoms with Crippen LogP contribution in [0, 0.1) is 17.2 Å². The predicted molar refractivity (Wildman–Crippen MR) is 447 cm³/mol. The number of para-hydroxylation sites is 4. The van der Waals surface area contributed by atoms with Crippen LogP contribution in [0.25, 0.3) is 72.3 Å². The molecule has 0 N–H and O–H groups in total. The molecule has 3 aromatic heterocycles. The van der Waals surface area contributed by atoms with E-state index in [0.717, 1.165) is 67.3 Å². The zero-order valence-electron chi connectivity index (χ0n) is 64.6. The zero-order chi connectivity index (χ0) is 74.9. The molecule has 5 heteroatoms. The van der Waals surface area contributed by atoms with E-state index in [2.05, 4.69) is 400 Å². The third-order valence-corrected chi connectivity index (χ3v) is 31.5. The number of rotatable bonds is 7. The van der Waals surface area contributed by atoms with E-state index < -0.39 is 21.7 Å². The number of hydrogen-bond donors (Lipinski definition) is 0. The maximum Gasteiger partial charge on any atom is 0.269 e. The lowest BCUT2D eigenvalue weighted by Crippen LogP contribution is -2.60. The highest BCUT2D eigenvalue weighted by Crippen LogP contribution is 2.92. The number of aromatic nitrogens is 4. The summed E-state index contributed by atoms with van der Waals surface area (Å²) in [6, 6.07) is 117. The average molecular weight is 1430 g/mol. The van der Waals surface area contributed by atoms with Gasteiger partial charge in [-0.1, -0.05) is 325 Å². The van der Waals surface area contributed by atoms with Crippen molar-refractivity contribution in [3.05, 3.63) is 410 Å². The highest BCUT2D eigenvalue weighted by molar-refractivity contribution is 6.09. The second-order valence-electron chi connectivity index (χ2n) is 36.0. The van der Waals surface area contributed by atoms with Gasteiger partial charge in [-0.15, -0.1) is 0 Å². The van der Waals surface area contributed by atoms with E-state index in [0.29, 0.717) is 0 Å². The van der Waals surface area contributed by atoms with Gasteiger partial charge in [-0.2, -0.15) is 0 Å². The third kappa shape index (κ3) is 6.58. The Bertz CT molecular complexity index is 6600. The maximum atomic E-state index is 7.10. The molecule has 0 radical (unpaired) electrons. The van der Waals surface area contributed by atoms with E-state index in [1.807, 2.05) is 6.20 Å². The molecular formula is C106H84N4O. The molecule has 0 amide bonds. The SMILES string of the molecule is CC(C)(C)c1ccnc(-n2c3ccccc3c3ccc(Oc4cccc(-n5[c-][n+](-c6c(-c7ccc8c(c7)C7(C)c9ccccc9C9(C)c%10ccccc%10C%10(C)c%11ccccc%11C8(C)C%1097)cccc6-c6ccc7c(c6)C6(C)c8ccccc8C8(C)c9ccccc9C9(C)c%10ccccc%10C7(C)C986)c6ccccc65)c4)cc32)c1. The Hall–Kier alpha value is -11.9. The molecule has 0 bridgehead atoms. The largest absolute Gasteiger partial charge is 0.458 e. The third-order valence-electron chi connectivity index (χ3n) is 31.5. The number of imidazole rings is 1. The van der Waals surface area contributed by atoms with Crippen molar-refractivity contribution >= 4 is 32.8 Å². The average Bonchev–Trinajstić information content (AvgIpc) is 1.41. The Morgan fingerprint density at radius 3 is 1.15 bits per heavy atom. The molecule has 0 saturated heterocycles. The topological polar surface area (TPSA) is 35.9 Å². The molecule has 0 fully saturated rings. The predicted octanol–water partition coefficient (Wildman–Crippen LogP) is 23.8. The molecular weight excluding hydrogens is 1350 g/mol. The van der Waals surface area contributed by atoms with Crippen molar-refractivity contribution < 1.29 is 9.30 Å². The minimum absolute atomic E-state index is 0.0535. The van der Waals surface area contributed by atoms with Crippen molar-refractivity contribution in [2.45, 2.75) is 125 Å². The maximum absolute atomic E-state index is 7.10. The molecule has 8 aliphatic rings. The monoisotopic (exact) mass is 1430 g/mol. The minimum Gasteiger partial charge on any atom is -0.458 e. The lowest BCUT2D eigenvalue weighted by Gasteiger charge is -2.57. The molecule has 0 saturated carbocycles. The van der Waals surface area contributed by atoms with Crippen LogP contribution in [0.3, 0.4) is 0 Å². The first-order valence-electron chi connectivity index (χ1n) is 40.0. The Kier molecular flexibility index (Phi) is 11.7. The Labute approximate surface area is 649 Å². The molecule has 10 atom stereocenters. The van der Waals surface area contributed by atoms with Crippen LogP contribution in [0.15, 0.2) is 310 Å². The molecule has 534 valence electrons. The van der Waals surface area contributed by atoms with Crippen molar-refractivity contribution in [2.75, 3.05) is 0 Å². The number of nitrogens with zero attached hydrogens (tertiary/aromatic N) is 4. The van der Waals surface area contributed by atoms with Gasteiger partial charge in [0.15, 0.2) is 0 Å². The van der Waals surface area contributed by atoms with E-state index in [1.54, 1.807) is 0 Å². The lowest BCUT2D eigenvalue weighted by atomic mass is 9.43. The van der Waals surface area contributed by atoms with Crippen molar-refractivity contribution in [1.29, 1.82) is 0 Å². The summed E-state index contributed by atoms with van der Waals surface area (Å²) in [7, 11) is 0. The summed E-state index contributed by atoms with van der Waals surface area (Å²) in [5.74, 6) is 2.34. The summed E-state index contributed by atoms with van der Waals surface area (Å²) in [6.07, 6.45) is 6.12. The van der Waals surface area contributed by atoms with E-state index >= 15 is 0 Å². The lowest BCUT2D eigenvalue weighted by molar-refractivity contribution is -0.571. The molecule has 8 aliphatic carbocycles. The second kappa shape index (κ2) is 20.4. The van der Waals surface area contributed by atoms with Crippen molar-refractivity contribution in [3.8, 4) is 50.9 Å². The summed E-state index contributed by atoms with van der Waals surface area (Å²) in [5.41, 5.74) is 31.3. The molecule has 24 rings (SSSR count). The van der Waals surface area contributed by atoms with Gasteiger partial charge < -0.3 is 4.74 Å². The van der Waals surface area contributed by atoms with Gasteiger partial charge in [0.1, 0.15) is 17.3 Å². The van der Waals surface area contributed by atoms with E-state index in [9.17, 15) is 0 Å². The fraction of sp³-hybridized carbons (Fsp3) is 0.208. The standard InChI is InChI=1S/C106H84N4O/c1-96(2,3)66-56-57-107-94(60-66)110-90-47-25-12-32-72(90)73-53-52-69(62-93(73)110)111-68-31-28-30-67(61-68)108-63-109(92-49-27-26-48-91(92)108)95-70(64-50-54-86-88(58-64)103(10)84-45-23-21-43-82(84)99(6)76-37-15-13-35-74(76)97(4)78-39-17-19-41-80(78)101(86,8)105(97,99)103)33-29-34-71(95)65-51-55-87-89(59-65)104(11)85-46-24-22-44-83(85)100(7)77-38-16-14-36-75(77)98(5)79-40-18-20-42-81(79)102(87,9)106(98,100)104/h12-62H,1-11H3. The molecule has 13 aromatic carbocycles. The van der Waals surface area contributed by atoms with Gasteiger partial charge in [0.05, 0.1) is 33.4 Å². The fourth-order valence-electron chi connectivity index (χ4n) is 28.4. The summed E-state index contributed by atoms with van der Waals surface area (Å²) in [6.45, 7) is 27.9. The van der Waals surface area contributed by atoms with Gasteiger partial charge in [-0.3, -0.25) is 13.7 Å². The summed E-state index contributed by atoms with van der Waals surface area (Å²) < 4.78 is 14.0. The molecule has 16 aromatic rings. The van der Waals surface area contributed by atoms with Gasteiger partial charge in [0.25, 0.3) is 6.33 Å². The van der Waals surface area contributed by atoms with Crippen LogP contribution in [0.4, 0.5) is 0 Å². The van der Waals surface area contributed by atoms with Crippen LogP contribution < -0.4 is 9.30 Å². The van der Waals surface area contributed by atoms with E-state index in [4.69, 9.17) is 9.72 Å². The van der Waals surface area contributed by atoms with E-state index in [-0.39, 0.29) is 37.9 Å². The van der Waals surface area contributed by atoms with Gasteiger partial charge >= 0.3 is 0 Å². The molecule has 10 unspecified atom stereocenters. The number of hydrogen-bond acceptors (Lipinski definition) is 2. The Morgan fingerprint density at radius 1 is 0.324 bits per heavy atom. The number of fused-ring (bicyclic) bond motifs is 28. The van der Waals surface area contributed by atoms with Crippen molar-refractivity contribution in [1.82, 2.24) is 14.1 Å². The minimum atomic E-state index is -0.451. The molecule has 111 heavy (non-hydrogen) atoms. The van der Waals surface area contributed by atoms with E-state index in [1.165, 1.54) is 111 Å². The fourth-order valence-corrected chi connectivity index (χ4v) is 28.4. The summed E-state index contributed by atoms with van der Waals surface area (Å²) >= 11 is 0. The summed E-state index contributed by atoms with van der Waals surface area (Å²) in [4.78, 5) is 5.01.